The summed E-state index contributed by atoms with van der Waals surface area (Å²) in [6, 6.07) is 7.48. The van der Waals surface area contributed by atoms with Gasteiger partial charge in [-0.15, -0.1) is 0 Å². The molecule has 22 heavy (non-hydrogen) atoms. The average molecular weight is 303 g/mol. The highest BCUT2D eigenvalue weighted by molar-refractivity contribution is 5.94. The Labute approximate surface area is 132 Å². The van der Waals surface area contributed by atoms with E-state index in [-0.39, 0.29) is 23.4 Å². The first kappa shape index (κ1) is 16.3. The molecule has 2 rings (SSSR count). The molecule has 1 aliphatic heterocycles. The lowest BCUT2D eigenvalue weighted by atomic mass is 9.86. The fourth-order valence-corrected chi connectivity index (χ4v) is 2.76. The lowest BCUT2D eigenvalue weighted by Crippen LogP contribution is -2.44. The maximum Gasteiger partial charge on any atom is 0.317 e. The predicted octanol–water partition coefficient (Wildman–Crippen LogP) is 2.38. The maximum absolute atomic E-state index is 12.3. The maximum atomic E-state index is 12.3. The van der Waals surface area contributed by atoms with Crippen molar-refractivity contribution in [3.8, 4) is 0 Å². The number of rotatable bonds is 3. The van der Waals surface area contributed by atoms with Crippen LogP contribution in [0.1, 0.15) is 43.1 Å². The van der Waals surface area contributed by atoms with Crippen molar-refractivity contribution in [2.24, 2.45) is 5.41 Å². The molecule has 1 aromatic carbocycles. The van der Waals surface area contributed by atoms with E-state index in [9.17, 15) is 9.59 Å². The van der Waals surface area contributed by atoms with Gasteiger partial charge in [-0.25, -0.2) is 4.79 Å². The molecule has 1 aromatic rings. The number of nitrogens with one attached hydrogen (secondary N) is 2. The Balaban J connectivity index is 1.96. The van der Waals surface area contributed by atoms with E-state index in [1.54, 1.807) is 19.2 Å². The topological polar surface area (TPSA) is 61.4 Å². The Bertz CT molecular complexity index is 569. The molecule has 0 spiro atoms. The third kappa shape index (κ3) is 3.40. The molecule has 2 N–H and O–H groups in total. The van der Waals surface area contributed by atoms with Gasteiger partial charge < -0.3 is 15.5 Å². The van der Waals surface area contributed by atoms with Gasteiger partial charge in [-0.3, -0.25) is 4.79 Å². The van der Waals surface area contributed by atoms with Crippen LogP contribution in [0, 0.1) is 5.41 Å². The van der Waals surface area contributed by atoms with Gasteiger partial charge in [-0.05, 0) is 36.5 Å². The van der Waals surface area contributed by atoms with E-state index in [1.807, 2.05) is 17.0 Å². The Morgan fingerprint density at radius 2 is 2.09 bits per heavy atom. The minimum absolute atomic E-state index is 0.0385. The molecular weight excluding hydrogens is 278 g/mol. The van der Waals surface area contributed by atoms with Crippen molar-refractivity contribution in [2.75, 3.05) is 13.6 Å². The monoisotopic (exact) mass is 303 g/mol. The van der Waals surface area contributed by atoms with Gasteiger partial charge in [0.05, 0.1) is 0 Å². The average Bonchev–Trinajstić information content (AvgIpc) is 2.78. The van der Waals surface area contributed by atoms with Gasteiger partial charge in [0, 0.05) is 31.7 Å². The second-order valence-corrected chi connectivity index (χ2v) is 6.55. The zero-order valence-electron chi connectivity index (χ0n) is 13.8. The van der Waals surface area contributed by atoms with Gasteiger partial charge in [0.15, 0.2) is 0 Å². The van der Waals surface area contributed by atoms with E-state index in [4.69, 9.17) is 0 Å². The molecule has 0 saturated carbocycles. The molecule has 3 amide bonds. The van der Waals surface area contributed by atoms with Crippen LogP contribution in [0.5, 0.6) is 0 Å². The number of benzene rings is 1. The number of carbonyl (C=O) groups is 2. The third-order valence-electron chi connectivity index (χ3n) is 4.72. The van der Waals surface area contributed by atoms with E-state index >= 15 is 0 Å². The molecule has 0 aromatic heterocycles. The van der Waals surface area contributed by atoms with Crippen LogP contribution >= 0.6 is 0 Å². The summed E-state index contributed by atoms with van der Waals surface area (Å²) in [7, 11) is 1.60. The summed E-state index contributed by atoms with van der Waals surface area (Å²) >= 11 is 0. The Hall–Kier alpha value is -2.04. The first-order chi connectivity index (χ1) is 10.3. The highest BCUT2D eigenvalue weighted by Crippen LogP contribution is 2.35. The van der Waals surface area contributed by atoms with E-state index in [1.165, 1.54) is 0 Å². The third-order valence-corrected chi connectivity index (χ3v) is 4.72. The molecule has 1 unspecified atom stereocenters. The standard InChI is InChI=1S/C17H25N3O2/c1-12-17(2,3)8-9-20(12)16(22)19-11-13-6-5-7-14(10-13)15(21)18-4/h5-7,10,12H,8-9,11H2,1-4H3,(H,18,21)(H,19,22). The second kappa shape index (κ2) is 6.38. The molecule has 0 bridgehead atoms. The Morgan fingerprint density at radius 3 is 2.68 bits per heavy atom. The highest BCUT2D eigenvalue weighted by atomic mass is 16.2. The van der Waals surface area contributed by atoms with Crippen LogP contribution in [-0.2, 0) is 6.54 Å². The molecule has 0 radical (unpaired) electrons. The normalized spacial score (nSPS) is 19.8. The minimum atomic E-state index is -0.122. The van der Waals surface area contributed by atoms with Gasteiger partial charge in [0.25, 0.3) is 5.91 Å². The van der Waals surface area contributed by atoms with E-state index in [0.29, 0.717) is 12.1 Å². The van der Waals surface area contributed by atoms with E-state index in [2.05, 4.69) is 31.4 Å². The fraction of sp³-hybridized carbons (Fsp3) is 0.529. The quantitative estimate of drug-likeness (QED) is 0.900. The molecule has 1 saturated heterocycles. The van der Waals surface area contributed by atoms with Crippen LogP contribution in [0.4, 0.5) is 4.79 Å². The van der Waals surface area contributed by atoms with Crippen LogP contribution in [-0.4, -0.2) is 36.5 Å². The Kier molecular flexibility index (Phi) is 4.74. The number of nitrogens with zero attached hydrogens (tertiary/aromatic N) is 1. The molecule has 5 heteroatoms. The molecule has 1 atom stereocenters. The smallest absolute Gasteiger partial charge is 0.317 e. The molecule has 5 nitrogen and oxygen atoms in total. The lowest BCUT2D eigenvalue weighted by Gasteiger charge is -2.29. The van der Waals surface area contributed by atoms with Crippen molar-refractivity contribution in [1.29, 1.82) is 0 Å². The summed E-state index contributed by atoms with van der Waals surface area (Å²) in [6.45, 7) is 7.69. The van der Waals surface area contributed by atoms with Gasteiger partial charge in [-0.1, -0.05) is 26.0 Å². The first-order valence-corrected chi connectivity index (χ1v) is 7.70. The molecule has 1 fully saturated rings. The largest absolute Gasteiger partial charge is 0.355 e. The van der Waals surface area contributed by atoms with Crippen LogP contribution in [0.25, 0.3) is 0 Å². The number of amides is 3. The number of hydrogen-bond acceptors (Lipinski definition) is 2. The zero-order chi connectivity index (χ0) is 16.3. The lowest BCUT2D eigenvalue weighted by molar-refractivity contribution is 0.0963. The number of carbonyl (C=O) groups excluding carboxylic acids is 2. The van der Waals surface area contributed by atoms with Gasteiger partial charge >= 0.3 is 6.03 Å². The number of hydrogen-bond donors (Lipinski definition) is 2. The summed E-state index contributed by atoms with van der Waals surface area (Å²) < 4.78 is 0. The number of likely N-dealkylation sites (tertiary alicyclic amines) is 1. The summed E-state index contributed by atoms with van der Waals surface area (Å²) in [5, 5.41) is 5.55. The van der Waals surface area contributed by atoms with Crippen LogP contribution < -0.4 is 10.6 Å². The van der Waals surface area contributed by atoms with Crippen LogP contribution in [0.3, 0.4) is 0 Å². The SMILES string of the molecule is CNC(=O)c1cccc(CNC(=O)N2CCC(C)(C)C2C)c1. The fourth-order valence-electron chi connectivity index (χ4n) is 2.76. The molecular formula is C17H25N3O2. The minimum Gasteiger partial charge on any atom is -0.355 e. The van der Waals surface area contributed by atoms with Gasteiger partial charge in [0.1, 0.15) is 0 Å². The van der Waals surface area contributed by atoms with Crippen LogP contribution in [0.2, 0.25) is 0 Å². The first-order valence-electron chi connectivity index (χ1n) is 7.70. The van der Waals surface area contributed by atoms with Crippen molar-refractivity contribution in [3.05, 3.63) is 35.4 Å². The zero-order valence-corrected chi connectivity index (χ0v) is 13.8. The summed E-state index contributed by atoms with van der Waals surface area (Å²) in [4.78, 5) is 25.8. The molecule has 1 heterocycles. The van der Waals surface area contributed by atoms with Gasteiger partial charge in [-0.2, -0.15) is 0 Å². The van der Waals surface area contributed by atoms with E-state index < -0.39 is 0 Å². The van der Waals surface area contributed by atoms with Gasteiger partial charge in [0.2, 0.25) is 0 Å². The van der Waals surface area contributed by atoms with E-state index in [0.717, 1.165) is 18.5 Å². The van der Waals surface area contributed by atoms with Crippen molar-refractivity contribution in [1.82, 2.24) is 15.5 Å². The summed E-state index contributed by atoms with van der Waals surface area (Å²) in [5.41, 5.74) is 1.68. The highest BCUT2D eigenvalue weighted by Gasteiger charge is 2.39. The van der Waals surface area contributed by atoms with Crippen molar-refractivity contribution < 1.29 is 9.59 Å². The molecule has 120 valence electrons. The van der Waals surface area contributed by atoms with Crippen molar-refractivity contribution in [2.45, 2.75) is 39.8 Å². The molecule has 1 aliphatic rings. The molecule has 0 aliphatic carbocycles. The summed E-state index contributed by atoms with van der Waals surface area (Å²) in [5.74, 6) is -0.122. The summed E-state index contributed by atoms with van der Waals surface area (Å²) in [6.07, 6.45) is 1.02. The number of urea groups is 1. The van der Waals surface area contributed by atoms with Crippen LogP contribution in [0.15, 0.2) is 24.3 Å². The predicted molar refractivity (Wildman–Crippen MR) is 86.6 cm³/mol. The van der Waals surface area contributed by atoms with Crippen molar-refractivity contribution >= 4 is 11.9 Å². The van der Waals surface area contributed by atoms with Crippen molar-refractivity contribution in [3.63, 3.8) is 0 Å². The Morgan fingerprint density at radius 1 is 1.36 bits per heavy atom. The second-order valence-electron chi connectivity index (χ2n) is 6.55.